The fourth-order valence-corrected chi connectivity index (χ4v) is 3.96. The quantitative estimate of drug-likeness (QED) is 0.460. The van der Waals surface area contributed by atoms with Gasteiger partial charge in [-0.15, -0.1) is 24.0 Å². The highest BCUT2D eigenvalue weighted by Gasteiger charge is 2.20. The molecule has 0 saturated heterocycles. The smallest absolute Gasteiger partial charge is 0.0702 e. The van der Waals surface area contributed by atoms with Gasteiger partial charge in [-0.2, -0.15) is 0 Å². The van der Waals surface area contributed by atoms with Gasteiger partial charge in [0.1, 0.15) is 0 Å². The minimum absolute atomic E-state index is 0.146. The molecule has 1 unspecified atom stereocenters. The molecule has 5 heteroatoms. The molecular formula is C18H26N2OS2. The number of aryl methyl sites for hydroxylation is 1. The van der Waals surface area contributed by atoms with Gasteiger partial charge in [0.2, 0.25) is 0 Å². The SMILES string of the molecule is CCOCCCNC(c1ccc(C)cc1S)c1sccc1NC. The van der Waals surface area contributed by atoms with Gasteiger partial charge < -0.3 is 15.4 Å². The van der Waals surface area contributed by atoms with E-state index in [1.54, 1.807) is 11.3 Å². The summed E-state index contributed by atoms with van der Waals surface area (Å²) < 4.78 is 5.43. The van der Waals surface area contributed by atoms with Crippen LogP contribution in [0.1, 0.15) is 35.4 Å². The third-order valence-electron chi connectivity index (χ3n) is 3.74. The van der Waals surface area contributed by atoms with Crippen LogP contribution < -0.4 is 10.6 Å². The molecular weight excluding hydrogens is 324 g/mol. The number of thiophene rings is 1. The molecule has 0 spiro atoms. The Morgan fingerprint density at radius 2 is 2.13 bits per heavy atom. The molecule has 0 bridgehead atoms. The molecule has 0 amide bonds. The van der Waals surface area contributed by atoms with Gasteiger partial charge in [0.25, 0.3) is 0 Å². The number of hydrogen-bond acceptors (Lipinski definition) is 5. The van der Waals surface area contributed by atoms with E-state index in [9.17, 15) is 0 Å². The first kappa shape index (κ1) is 18.3. The number of hydrogen-bond donors (Lipinski definition) is 3. The standard InChI is InChI=1S/C18H26N2OS2/c1-4-21-10-5-9-20-17(18-15(19-3)8-11-23-18)14-7-6-13(2)12-16(14)22/h6-8,11-12,17,19-20,22H,4-5,9-10H2,1-3H3. The van der Waals surface area contributed by atoms with Crippen LogP contribution in [0, 0.1) is 6.92 Å². The number of rotatable bonds is 9. The van der Waals surface area contributed by atoms with Crippen molar-refractivity contribution in [3.8, 4) is 0 Å². The topological polar surface area (TPSA) is 33.3 Å². The highest BCUT2D eigenvalue weighted by atomic mass is 32.1. The molecule has 0 aliphatic rings. The summed E-state index contributed by atoms with van der Waals surface area (Å²) in [4.78, 5) is 2.32. The predicted octanol–water partition coefficient (Wildman–Crippen LogP) is 4.49. The first-order valence-electron chi connectivity index (χ1n) is 8.03. The molecule has 1 atom stereocenters. The van der Waals surface area contributed by atoms with E-state index in [0.29, 0.717) is 0 Å². The van der Waals surface area contributed by atoms with Gasteiger partial charge >= 0.3 is 0 Å². The summed E-state index contributed by atoms with van der Waals surface area (Å²) in [6.45, 7) is 6.60. The molecule has 0 saturated carbocycles. The van der Waals surface area contributed by atoms with Crippen LogP contribution in [0.15, 0.2) is 34.5 Å². The average Bonchev–Trinajstić information content (AvgIpc) is 3.00. The molecule has 2 aromatic rings. The number of thiol groups is 1. The fraction of sp³-hybridized carbons (Fsp3) is 0.444. The molecule has 1 aromatic heterocycles. The summed E-state index contributed by atoms with van der Waals surface area (Å²) in [5.74, 6) is 0. The average molecular weight is 351 g/mol. The van der Waals surface area contributed by atoms with Gasteiger partial charge in [-0.3, -0.25) is 0 Å². The van der Waals surface area contributed by atoms with Crippen molar-refractivity contribution in [3.05, 3.63) is 45.6 Å². The van der Waals surface area contributed by atoms with Gasteiger partial charge in [0, 0.05) is 35.7 Å². The van der Waals surface area contributed by atoms with Gasteiger partial charge in [0.05, 0.1) is 6.04 Å². The van der Waals surface area contributed by atoms with E-state index in [2.05, 4.69) is 47.2 Å². The van der Waals surface area contributed by atoms with Crippen molar-refractivity contribution >= 4 is 29.7 Å². The lowest BCUT2D eigenvalue weighted by Crippen LogP contribution is -2.24. The Bertz CT molecular complexity index is 613. The zero-order valence-corrected chi connectivity index (χ0v) is 15.8. The number of benzene rings is 1. The van der Waals surface area contributed by atoms with E-state index in [1.165, 1.54) is 21.7 Å². The summed E-state index contributed by atoms with van der Waals surface area (Å²) in [6.07, 6.45) is 0.998. The monoisotopic (exact) mass is 350 g/mol. The lowest BCUT2D eigenvalue weighted by atomic mass is 10.0. The minimum atomic E-state index is 0.146. The van der Waals surface area contributed by atoms with E-state index in [0.717, 1.165) is 31.1 Å². The lowest BCUT2D eigenvalue weighted by Gasteiger charge is -2.21. The van der Waals surface area contributed by atoms with Gasteiger partial charge in [-0.05, 0) is 49.9 Å². The Morgan fingerprint density at radius 3 is 2.83 bits per heavy atom. The summed E-state index contributed by atoms with van der Waals surface area (Å²) >= 11 is 6.47. The largest absolute Gasteiger partial charge is 0.387 e. The number of nitrogens with one attached hydrogen (secondary N) is 2. The molecule has 126 valence electrons. The summed E-state index contributed by atoms with van der Waals surface area (Å²) in [7, 11) is 1.97. The van der Waals surface area contributed by atoms with Crippen molar-refractivity contribution in [2.45, 2.75) is 31.2 Å². The summed E-state index contributed by atoms with van der Waals surface area (Å²) in [5.41, 5.74) is 3.62. The molecule has 0 aliphatic carbocycles. The molecule has 2 rings (SSSR count). The maximum Gasteiger partial charge on any atom is 0.0702 e. The molecule has 1 aromatic carbocycles. The van der Waals surface area contributed by atoms with Gasteiger partial charge in [-0.1, -0.05) is 17.7 Å². The minimum Gasteiger partial charge on any atom is -0.387 e. The number of ether oxygens (including phenoxy) is 1. The number of anilines is 1. The first-order valence-corrected chi connectivity index (χ1v) is 9.35. The lowest BCUT2D eigenvalue weighted by molar-refractivity contribution is 0.144. The Kier molecular flexibility index (Phi) is 7.43. The van der Waals surface area contributed by atoms with Crippen LogP contribution in [0.5, 0.6) is 0 Å². The first-order chi connectivity index (χ1) is 11.2. The van der Waals surface area contributed by atoms with Crippen LogP contribution in [-0.2, 0) is 4.74 Å². The van der Waals surface area contributed by atoms with E-state index >= 15 is 0 Å². The Balaban J connectivity index is 2.21. The molecule has 0 fully saturated rings. The van der Waals surface area contributed by atoms with Gasteiger partial charge in [-0.25, -0.2) is 0 Å². The van der Waals surface area contributed by atoms with Crippen LogP contribution in [0.3, 0.4) is 0 Å². The van der Waals surface area contributed by atoms with E-state index in [-0.39, 0.29) is 6.04 Å². The predicted molar refractivity (Wildman–Crippen MR) is 103 cm³/mol. The fourth-order valence-electron chi connectivity index (χ4n) is 2.56. The maximum absolute atomic E-state index is 5.43. The van der Waals surface area contributed by atoms with Crippen LogP contribution in [0.25, 0.3) is 0 Å². The maximum atomic E-state index is 5.43. The second kappa shape index (κ2) is 9.33. The normalized spacial score (nSPS) is 12.3. The second-order valence-electron chi connectivity index (χ2n) is 5.45. The van der Waals surface area contributed by atoms with Crippen molar-refractivity contribution in [1.29, 1.82) is 0 Å². The summed E-state index contributed by atoms with van der Waals surface area (Å²) in [5, 5.41) is 9.09. The zero-order chi connectivity index (χ0) is 16.7. The van der Waals surface area contributed by atoms with Crippen molar-refractivity contribution in [2.75, 3.05) is 32.1 Å². The Hall–Kier alpha value is -1.01. The Labute approximate surface area is 148 Å². The molecule has 23 heavy (non-hydrogen) atoms. The highest BCUT2D eigenvalue weighted by Crippen LogP contribution is 2.35. The van der Waals surface area contributed by atoms with Crippen molar-refractivity contribution in [2.24, 2.45) is 0 Å². The van der Waals surface area contributed by atoms with Gasteiger partial charge in [0.15, 0.2) is 0 Å². The van der Waals surface area contributed by atoms with E-state index < -0.39 is 0 Å². The third-order valence-corrected chi connectivity index (χ3v) is 5.11. The van der Waals surface area contributed by atoms with Crippen LogP contribution in [0.2, 0.25) is 0 Å². The molecule has 3 nitrogen and oxygen atoms in total. The Morgan fingerprint density at radius 1 is 1.30 bits per heavy atom. The van der Waals surface area contributed by atoms with Crippen LogP contribution in [-0.4, -0.2) is 26.8 Å². The van der Waals surface area contributed by atoms with Crippen molar-refractivity contribution in [3.63, 3.8) is 0 Å². The van der Waals surface area contributed by atoms with Crippen molar-refractivity contribution in [1.82, 2.24) is 5.32 Å². The molecule has 1 heterocycles. The van der Waals surface area contributed by atoms with Crippen molar-refractivity contribution < 1.29 is 4.74 Å². The van der Waals surface area contributed by atoms with Crippen LogP contribution in [0.4, 0.5) is 5.69 Å². The van der Waals surface area contributed by atoms with E-state index in [4.69, 9.17) is 17.4 Å². The molecule has 2 N–H and O–H groups in total. The zero-order valence-electron chi connectivity index (χ0n) is 14.1. The molecule has 0 aliphatic heterocycles. The van der Waals surface area contributed by atoms with Crippen LogP contribution >= 0.6 is 24.0 Å². The summed E-state index contributed by atoms with van der Waals surface area (Å²) in [6, 6.07) is 8.72. The molecule has 0 radical (unpaired) electrons. The highest BCUT2D eigenvalue weighted by molar-refractivity contribution is 7.80. The van der Waals surface area contributed by atoms with E-state index in [1.807, 2.05) is 14.0 Å². The third kappa shape index (κ3) is 4.98. The second-order valence-corrected chi connectivity index (χ2v) is 6.88.